The van der Waals surface area contributed by atoms with Gasteiger partial charge in [-0.3, -0.25) is 0 Å². The van der Waals surface area contributed by atoms with Gasteiger partial charge in [-0.25, -0.2) is 4.39 Å². The van der Waals surface area contributed by atoms with E-state index in [9.17, 15) is 4.39 Å². The van der Waals surface area contributed by atoms with E-state index in [0.29, 0.717) is 5.92 Å². The van der Waals surface area contributed by atoms with E-state index in [1.54, 1.807) is 12.1 Å². The van der Waals surface area contributed by atoms with Crippen LogP contribution in [0.25, 0.3) is 0 Å². The molecule has 3 atom stereocenters. The van der Waals surface area contributed by atoms with Gasteiger partial charge < -0.3 is 5.73 Å². The van der Waals surface area contributed by atoms with Crippen molar-refractivity contribution in [2.75, 3.05) is 0 Å². The van der Waals surface area contributed by atoms with E-state index in [-0.39, 0.29) is 17.3 Å². The van der Waals surface area contributed by atoms with Gasteiger partial charge in [0.1, 0.15) is 5.82 Å². The lowest BCUT2D eigenvalue weighted by atomic mass is 9.61. The molecule has 0 aromatic heterocycles. The summed E-state index contributed by atoms with van der Waals surface area (Å²) >= 11 is 0. The van der Waals surface area contributed by atoms with Crippen molar-refractivity contribution in [3.05, 3.63) is 35.6 Å². The van der Waals surface area contributed by atoms with Crippen LogP contribution in [-0.4, -0.2) is 6.04 Å². The Hall–Kier alpha value is -0.890. The average molecular weight is 191 g/mol. The summed E-state index contributed by atoms with van der Waals surface area (Å²) in [5.74, 6) is 0.568. The molecule has 0 spiro atoms. The van der Waals surface area contributed by atoms with E-state index >= 15 is 0 Å². The van der Waals surface area contributed by atoms with Crippen molar-refractivity contribution in [3.63, 3.8) is 0 Å². The second kappa shape index (κ2) is 2.57. The highest BCUT2D eigenvalue weighted by atomic mass is 19.1. The molecule has 4 rings (SSSR count). The second-order valence-electron chi connectivity index (χ2n) is 4.66. The molecular weight excluding hydrogens is 177 g/mol. The fourth-order valence-electron chi connectivity index (χ4n) is 3.30. The lowest BCUT2D eigenvalue weighted by molar-refractivity contribution is 0.183. The highest BCUT2D eigenvalue weighted by molar-refractivity contribution is 5.36. The van der Waals surface area contributed by atoms with Crippen LogP contribution in [0.5, 0.6) is 0 Å². The Balaban J connectivity index is 2.07. The van der Waals surface area contributed by atoms with Crippen LogP contribution < -0.4 is 5.73 Å². The van der Waals surface area contributed by atoms with Gasteiger partial charge in [0, 0.05) is 11.5 Å². The number of benzene rings is 1. The summed E-state index contributed by atoms with van der Waals surface area (Å²) in [6.45, 7) is 0. The van der Waals surface area contributed by atoms with Crippen molar-refractivity contribution >= 4 is 0 Å². The summed E-state index contributed by atoms with van der Waals surface area (Å²) in [5.41, 5.74) is 6.93. The zero-order chi connectivity index (χ0) is 9.76. The van der Waals surface area contributed by atoms with E-state index in [1.165, 1.54) is 6.42 Å². The maximum atomic E-state index is 13.6. The van der Waals surface area contributed by atoms with Crippen LogP contribution >= 0.6 is 0 Å². The van der Waals surface area contributed by atoms with Gasteiger partial charge in [-0.2, -0.15) is 0 Å². The van der Waals surface area contributed by atoms with Crippen LogP contribution in [0, 0.1) is 11.7 Å². The predicted molar refractivity (Wildman–Crippen MR) is 53.4 cm³/mol. The molecule has 3 saturated carbocycles. The third-order valence-electron chi connectivity index (χ3n) is 4.14. The topological polar surface area (TPSA) is 26.0 Å². The molecule has 1 nitrogen and oxygen atoms in total. The van der Waals surface area contributed by atoms with Crippen LogP contribution in [0.2, 0.25) is 0 Å². The lowest BCUT2D eigenvalue weighted by Crippen LogP contribution is -2.54. The standard InChI is InChI=1S/C12H14FN/c13-10-4-2-1-3-9(10)12-6-5-8(7-12)11(12)14/h1-4,8,11H,5-7,14H2. The van der Waals surface area contributed by atoms with Crippen LogP contribution in [0.3, 0.4) is 0 Å². The van der Waals surface area contributed by atoms with Crippen LogP contribution in [0.15, 0.2) is 24.3 Å². The third kappa shape index (κ3) is 0.825. The van der Waals surface area contributed by atoms with E-state index in [4.69, 9.17) is 5.73 Å². The van der Waals surface area contributed by atoms with Crippen molar-refractivity contribution in [2.45, 2.75) is 30.7 Å². The minimum absolute atomic E-state index is 0.0178. The highest BCUT2D eigenvalue weighted by Gasteiger charge is 2.58. The first-order chi connectivity index (χ1) is 6.74. The fourth-order valence-corrected chi connectivity index (χ4v) is 3.30. The molecule has 1 aromatic carbocycles. The van der Waals surface area contributed by atoms with Crippen molar-refractivity contribution in [3.8, 4) is 0 Å². The summed E-state index contributed by atoms with van der Waals surface area (Å²) in [6, 6.07) is 7.29. The van der Waals surface area contributed by atoms with E-state index in [0.717, 1.165) is 18.4 Å². The number of fused-ring (bicyclic) bond motifs is 1. The van der Waals surface area contributed by atoms with Crippen LogP contribution in [0.4, 0.5) is 4.39 Å². The van der Waals surface area contributed by atoms with Gasteiger partial charge in [-0.1, -0.05) is 18.2 Å². The Kier molecular flexibility index (Phi) is 1.55. The van der Waals surface area contributed by atoms with Crippen molar-refractivity contribution in [1.82, 2.24) is 0 Å². The summed E-state index contributed by atoms with van der Waals surface area (Å²) in [5, 5.41) is 0. The minimum Gasteiger partial charge on any atom is -0.327 e. The Morgan fingerprint density at radius 3 is 2.71 bits per heavy atom. The SMILES string of the molecule is NC1C2CCC1(c1ccccc1F)C2. The molecule has 2 N–H and O–H groups in total. The number of rotatable bonds is 1. The van der Waals surface area contributed by atoms with Gasteiger partial charge in [0.15, 0.2) is 0 Å². The molecule has 0 aliphatic heterocycles. The first kappa shape index (κ1) is 8.42. The second-order valence-corrected chi connectivity index (χ2v) is 4.66. The summed E-state index contributed by atoms with van der Waals surface area (Å²) in [4.78, 5) is 0. The average Bonchev–Trinajstić information content (AvgIpc) is 2.76. The highest BCUT2D eigenvalue weighted by Crippen LogP contribution is 2.59. The molecule has 3 unspecified atom stereocenters. The molecule has 0 amide bonds. The quantitative estimate of drug-likeness (QED) is 0.723. The third-order valence-corrected chi connectivity index (χ3v) is 4.14. The number of nitrogens with two attached hydrogens (primary N) is 1. The van der Waals surface area contributed by atoms with E-state index in [1.807, 2.05) is 12.1 Å². The molecule has 2 bridgehead atoms. The summed E-state index contributed by atoms with van der Waals surface area (Å²) in [7, 11) is 0. The molecular formula is C12H14FN. The first-order valence-electron chi connectivity index (χ1n) is 5.25. The zero-order valence-corrected chi connectivity index (χ0v) is 8.04. The van der Waals surface area contributed by atoms with Gasteiger partial charge >= 0.3 is 0 Å². The predicted octanol–water partition coefficient (Wildman–Crippen LogP) is 2.20. The monoisotopic (exact) mass is 191 g/mol. The largest absolute Gasteiger partial charge is 0.327 e. The molecule has 1 aromatic rings. The Morgan fingerprint density at radius 1 is 1.36 bits per heavy atom. The van der Waals surface area contributed by atoms with Gasteiger partial charge in [0.25, 0.3) is 0 Å². The lowest BCUT2D eigenvalue weighted by Gasteiger charge is -2.46. The fraction of sp³-hybridized carbons (Fsp3) is 0.500. The van der Waals surface area contributed by atoms with E-state index in [2.05, 4.69) is 0 Å². The first-order valence-corrected chi connectivity index (χ1v) is 5.25. The number of hydrogen-bond acceptors (Lipinski definition) is 1. The van der Waals surface area contributed by atoms with E-state index < -0.39 is 0 Å². The molecule has 0 heterocycles. The summed E-state index contributed by atoms with van der Waals surface area (Å²) < 4.78 is 13.6. The van der Waals surface area contributed by atoms with Gasteiger partial charge in [0.05, 0.1) is 0 Å². The van der Waals surface area contributed by atoms with Crippen LogP contribution in [-0.2, 0) is 5.41 Å². The maximum absolute atomic E-state index is 13.6. The maximum Gasteiger partial charge on any atom is 0.127 e. The molecule has 2 heteroatoms. The van der Waals surface area contributed by atoms with Crippen molar-refractivity contribution in [2.24, 2.45) is 11.7 Å². The van der Waals surface area contributed by atoms with Crippen LogP contribution in [0.1, 0.15) is 24.8 Å². The van der Waals surface area contributed by atoms with Crippen molar-refractivity contribution in [1.29, 1.82) is 0 Å². The molecule has 0 saturated heterocycles. The molecule has 3 aliphatic carbocycles. The molecule has 3 fully saturated rings. The normalized spacial score (nSPS) is 39.6. The molecule has 3 aliphatic rings. The molecule has 14 heavy (non-hydrogen) atoms. The number of hydrogen-bond donors (Lipinski definition) is 1. The van der Waals surface area contributed by atoms with Gasteiger partial charge in [-0.15, -0.1) is 0 Å². The smallest absolute Gasteiger partial charge is 0.127 e. The molecule has 0 radical (unpaired) electrons. The number of halogens is 1. The Morgan fingerprint density at radius 2 is 2.14 bits per heavy atom. The van der Waals surface area contributed by atoms with Gasteiger partial charge in [-0.05, 0) is 36.8 Å². The van der Waals surface area contributed by atoms with Crippen molar-refractivity contribution < 1.29 is 4.39 Å². The zero-order valence-electron chi connectivity index (χ0n) is 8.04. The summed E-state index contributed by atoms with van der Waals surface area (Å²) in [6.07, 6.45) is 3.34. The molecule has 74 valence electrons. The Bertz CT molecular complexity index is 372. The minimum atomic E-state index is -0.0803. The van der Waals surface area contributed by atoms with Gasteiger partial charge in [0.2, 0.25) is 0 Å². The Labute approximate surface area is 83.1 Å².